The molecule has 0 fully saturated rings. The average Bonchev–Trinajstić information content (AvgIpc) is 2.23. The standard InChI is InChI=1S/C11H13N3O/c1-3-6-14-11(15)9-7-8(2)4-5-10(9)12-13-14/h4-5,7H,3,6H2,1-2H3. The van der Waals surface area contributed by atoms with Gasteiger partial charge in [-0.05, 0) is 25.5 Å². The molecule has 0 aliphatic heterocycles. The largest absolute Gasteiger partial charge is 0.277 e. The maximum Gasteiger partial charge on any atom is 0.277 e. The first-order valence-corrected chi connectivity index (χ1v) is 5.06. The summed E-state index contributed by atoms with van der Waals surface area (Å²) < 4.78 is 1.42. The Morgan fingerprint density at radius 3 is 2.93 bits per heavy atom. The molecule has 1 aromatic heterocycles. The highest BCUT2D eigenvalue weighted by atomic mass is 16.1. The molecule has 0 spiro atoms. The molecule has 0 saturated carbocycles. The van der Waals surface area contributed by atoms with Crippen molar-refractivity contribution in [2.75, 3.05) is 0 Å². The first-order chi connectivity index (χ1) is 7.22. The number of benzene rings is 1. The molecule has 78 valence electrons. The van der Waals surface area contributed by atoms with Gasteiger partial charge in [0, 0.05) is 6.54 Å². The number of rotatable bonds is 2. The van der Waals surface area contributed by atoms with Crippen LogP contribution in [0.3, 0.4) is 0 Å². The molecule has 0 aliphatic rings. The van der Waals surface area contributed by atoms with Crippen molar-refractivity contribution in [2.24, 2.45) is 0 Å². The maximum absolute atomic E-state index is 11.9. The van der Waals surface area contributed by atoms with E-state index in [9.17, 15) is 4.79 Å². The molecule has 2 aromatic rings. The van der Waals surface area contributed by atoms with E-state index in [4.69, 9.17) is 0 Å². The third-order valence-corrected chi connectivity index (χ3v) is 2.31. The minimum atomic E-state index is -0.0504. The number of aryl methyl sites for hydroxylation is 2. The van der Waals surface area contributed by atoms with E-state index < -0.39 is 0 Å². The number of hydrogen-bond acceptors (Lipinski definition) is 3. The molecular weight excluding hydrogens is 190 g/mol. The van der Waals surface area contributed by atoms with Gasteiger partial charge in [0.15, 0.2) is 0 Å². The summed E-state index contributed by atoms with van der Waals surface area (Å²) in [5.74, 6) is 0. The number of fused-ring (bicyclic) bond motifs is 1. The van der Waals surface area contributed by atoms with Crippen LogP contribution in [0.15, 0.2) is 23.0 Å². The van der Waals surface area contributed by atoms with Crippen LogP contribution in [0.5, 0.6) is 0 Å². The SMILES string of the molecule is CCCn1nnc2ccc(C)cc2c1=O. The Kier molecular flexibility index (Phi) is 2.49. The molecule has 2 rings (SSSR count). The summed E-state index contributed by atoms with van der Waals surface area (Å²) in [6.45, 7) is 4.59. The molecule has 0 saturated heterocycles. The van der Waals surface area contributed by atoms with Crippen molar-refractivity contribution in [2.45, 2.75) is 26.8 Å². The van der Waals surface area contributed by atoms with Crippen LogP contribution in [0, 0.1) is 6.92 Å². The second-order valence-electron chi connectivity index (χ2n) is 3.64. The van der Waals surface area contributed by atoms with Gasteiger partial charge in [0.05, 0.1) is 5.39 Å². The summed E-state index contributed by atoms with van der Waals surface area (Å²) >= 11 is 0. The molecule has 0 radical (unpaired) electrons. The Balaban J connectivity index is 2.71. The van der Waals surface area contributed by atoms with E-state index in [1.165, 1.54) is 4.68 Å². The van der Waals surface area contributed by atoms with Gasteiger partial charge in [0.25, 0.3) is 5.56 Å². The van der Waals surface area contributed by atoms with Crippen molar-refractivity contribution in [1.82, 2.24) is 15.0 Å². The highest BCUT2D eigenvalue weighted by Crippen LogP contribution is 2.07. The third-order valence-electron chi connectivity index (χ3n) is 2.31. The zero-order valence-electron chi connectivity index (χ0n) is 8.90. The van der Waals surface area contributed by atoms with Gasteiger partial charge >= 0.3 is 0 Å². The molecule has 0 aliphatic carbocycles. The van der Waals surface area contributed by atoms with E-state index in [0.717, 1.165) is 12.0 Å². The smallest absolute Gasteiger partial charge is 0.267 e. The van der Waals surface area contributed by atoms with Crippen molar-refractivity contribution < 1.29 is 0 Å². The summed E-state index contributed by atoms with van der Waals surface area (Å²) in [5.41, 5.74) is 1.68. The Labute approximate surface area is 87.5 Å². The minimum absolute atomic E-state index is 0.0504. The number of nitrogens with zero attached hydrogens (tertiary/aromatic N) is 3. The van der Waals surface area contributed by atoms with Crippen LogP contribution >= 0.6 is 0 Å². The normalized spacial score (nSPS) is 10.8. The summed E-state index contributed by atoms with van der Waals surface area (Å²) in [6, 6.07) is 5.62. The van der Waals surface area contributed by atoms with Gasteiger partial charge in [0.2, 0.25) is 0 Å². The molecule has 15 heavy (non-hydrogen) atoms. The Morgan fingerprint density at radius 2 is 2.20 bits per heavy atom. The fraction of sp³-hybridized carbons (Fsp3) is 0.364. The lowest BCUT2D eigenvalue weighted by molar-refractivity contribution is 0.541. The highest BCUT2D eigenvalue weighted by Gasteiger charge is 2.04. The molecule has 0 N–H and O–H groups in total. The van der Waals surface area contributed by atoms with Crippen LogP contribution in [0.25, 0.3) is 10.9 Å². The molecule has 1 heterocycles. The Morgan fingerprint density at radius 1 is 1.40 bits per heavy atom. The monoisotopic (exact) mass is 203 g/mol. The topological polar surface area (TPSA) is 47.8 Å². The van der Waals surface area contributed by atoms with Crippen molar-refractivity contribution in [3.8, 4) is 0 Å². The van der Waals surface area contributed by atoms with E-state index in [-0.39, 0.29) is 5.56 Å². The molecule has 4 heteroatoms. The summed E-state index contributed by atoms with van der Waals surface area (Å²) in [7, 11) is 0. The maximum atomic E-state index is 11.9. The van der Waals surface area contributed by atoms with Crippen LogP contribution in [-0.2, 0) is 6.54 Å². The Hall–Kier alpha value is -1.71. The Bertz CT molecular complexity index is 545. The zero-order valence-corrected chi connectivity index (χ0v) is 8.90. The van der Waals surface area contributed by atoms with Gasteiger partial charge in [-0.1, -0.05) is 23.8 Å². The van der Waals surface area contributed by atoms with E-state index in [1.807, 2.05) is 32.0 Å². The molecule has 0 unspecified atom stereocenters. The second-order valence-corrected chi connectivity index (χ2v) is 3.64. The second kappa shape index (κ2) is 3.81. The predicted octanol–water partition coefficient (Wildman–Crippen LogP) is 1.51. The quantitative estimate of drug-likeness (QED) is 0.743. The first kappa shape index (κ1) is 9.83. The van der Waals surface area contributed by atoms with Gasteiger partial charge in [-0.3, -0.25) is 4.79 Å². The van der Waals surface area contributed by atoms with Crippen LogP contribution in [-0.4, -0.2) is 15.0 Å². The molecule has 0 bridgehead atoms. The molecule has 0 amide bonds. The summed E-state index contributed by atoms with van der Waals surface area (Å²) in [4.78, 5) is 11.9. The average molecular weight is 203 g/mol. The molecular formula is C11H13N3O. The van der Waals surface area contributed by atoms with Crippen LogP contribution in [0.1, 0.15) is 18.9 Å². The predicted molar refractivity (Wildman–Crippen MR) is 58.8 cm³/mol. The lowest BCUT2D eigenvalue weighted by Crippen LogP contribution is -2.24. The first-order valence-electron chi connectivity index (χ1n) is 5.06. The lowest BCUT2D eigenvalue weighted by atomic mass is 10.2. The zero-order chi connectivity index (χ0) is 10.8. The molecule has 1 aromatic carbocycles. The van der Waals surface area contributed by atoms with Crippen LogP contribution in [0.2, 0.25) is 0 Å². The van der Waals surface area contributed by atoms with Crippen molar-refractivity contribution in [3.05, 3.63) is 34.1 Å². The van der Waals surface area contributed by atoms with E-state index in [2.05, 4.69) is 10.3 Å². The number of aromatic nitrogens is 3. The third kappa shape index (κ3) is 1.75. The van der Waals surface area contributed by atoms with E-state index in [0.29, 0.717) is 17.4 Å². The van der Waals surface area contributed by atoms with E-state index in [1.54, 1.807) is 0 Å². The van der Waals surface area contributed by atoms with Gasteiger partial charge in [0.1, 0.15) is 5.52 Å². The fourth-order valence-electron chi connectivity index (χ4n) is 1.55. The number of hydrogen-bond donors (Lipinski definition) is 0. The molecule has 4 nitrogen and oxygen atoms in total. The van der Waals surface area contributed by atoms with E-state index >= 15 is 0 Å². The van der Waals surface area contributed by atoms with Crippen molar-refractivity contribution in [3.63, 3.8) is 0 Å². The molecule has 0 atom stereocenters. The van der Waals surface area contributed by atoms with Gasteiger partial charge < -0.3 is 0 Å². The van der Waals surface area contributed by atoms with Crippen molar-refractivity contribution >= 4 is 10.9 Å². The minimum Gasteiger partial charge on any atom is -0.267 e. The van der Waals surface area contributed by atoms with Gasteiger partial charge in [-0.15, -0.1) is 5.10 Å². The van der Waals surface area contributed by atoms with Crippen LogP contribution < -0.4 is 5.56 Å². The summed E-state index contributed by atoms with van der Waals surface area (Å²) in [6.07, 6.45) is 0.881. The van der Waals surface area contributed by atoms with Gasteiger partial charge in [-0.2, -0.15) is 0 Å². The van der Waals surface area contributed by atoms with Crippen LogP contribution in [0.4, 0.5) is 0 Å². The van der Waals surface area contributed by atoms with Gasteiger partial charge in [-0.25, -0.2) is 4.68 Å². The lowest BCUT2D eigenvalue weighted by Gasteiger charge is -2.02. The van der Waals surface area contributed by atoms with Crippen molar-refractivity contribution in [1.29, 1.82) is 0 Å². The fourth-order valence-corrected chi connectivity index (χ4v) is 1.55. The highest BCUT2D eigenvalue weighted by molar-refractivity contribution is 5.77. The summed E-state index contributed by atoms with van der Waals surface area (Å²) in [5, 5.41) is 8.55.